The standard InChI is InChI=1S/C15H27N3O2/c1-10(19)9-12-7-6-8-18(12)11(2)13-16-14(17-20-13)15(3,4)5/h10-12,19H,6-9H2,1-5H3. The number of aliphatic hydroxyl groups excluding tert-OH is 1. The molecular weight excluding hydrogens is 254 g/mol. The molecule has 1 N–H and O–H groups in total. The maximum atomic E-state index is 9.62. The molecule has 0 bridgehead atoms. The monoisotopic (exact) mass is 281 g/mol. The van der Waals surface area contributed by atoms with E-state index in [1.807, 2.05) is 6.92 Å². The maximum absolute atomic E-state index is 9.62. The van der Waals surface area contributed by atoms with Gasteiger partial charge in [-0.3, -0.25) is 4.90 Å². The number of aliphatic hydroxyl groups is 1. The van der Waals surface area contributed by atoms with Crippen molar-refractivity contribution in [3.8, 4) is 0 Å². The number of aromatic nitrogens is 2. The van der Waals surface area contributed by atoms with Crippen LogP contribution in [-0.2, 0) is 5.41 Å². The molecule has 0 saturated carbocycles. The van der Waals surface area contributed by atoms with Crippen LogP contribution in [0.2, 0.25) is 0 Å². The first kappa shape index (κ1) is 15.4. The third kappa shape index (κ3) is 3.38. The zero-order valence-electron chi connectivity index (χ0n) is 13.3. The molecule has 1 aromatic rings. The van der Waals surface area contributed by atoms with Gasteiger partial charge in [-0.05, 0) is 39.7 Å². The van der Waals surface area contributed by atoms with Crippen molar-refractivity contribution in [3.63, 3.8) is 0 Å². The molecule has 1 saturated heterocycles. The van der Waals surface area contributed by atoms with Crippen LogP contribution in [0.25, 0.3) is 0 Å². The van der Waals surface area contributed by atoms with Gasteiger partial charge < -0.3 is 9.63 Å². The first-order valence-electron chi connectivity index (χ1n) is 7.57. The summed E-state index contributed by atoms with van der Waals surface area (Å²) in [7, 11) is 0. The van der Waals surface area contributed by atoms with E-state index in [0.29, 0.717) is 11.9 Å². The highest BCUT2D eigenvalue weighted by Crippen LogP contribution is 2.31. The molecule has 2 rings (SSSR count). The van der Waals surface area contributed by atoms with Gasteiger partial charge in [0.05, 0.1) is 12.1 Å². The fraction of sp³-hybridized carbons (Fsp3) is 0.867. The Morgan fingerprint density at radius 3 is 2.65 bits per heavy atom. The van der Waals surface area contributed by atoms with Crippen molar-refractivity contribution in [2.45, 2.75) is 77.5 Å². The van der Waals surface area contributed by atoms with Crippen LogP contribution in [0.5, 0.6) is 0 Å². The quantitative estimate of drug-likeness (QED) is 0.919. The highest BCUT2D eigenvalue weighted by atomic mass is 16.5. The van der Waals surface area contributed by atoms with E-state index in [1.165, 1.54) is 6.42 Å². The zero-order chi connectivity index (χ0) is 14.9. The van der Waals surface area contributed by atoms with Gasteiger partial charge in [-0.2, -0.15) is 4.98 Å². The van der Waals surface area contributed by atoms with E-state index in [4.69, 9.17) is 4.52 Å². The minimum absolute atomic E-state index is 0.0918. The Balaban J connectivity index is 2.10. The lowest BCUT2D eigenvalue weighted by Gasteiger charge is -2.29. The second kappa shape index (κ2) is 5.82. The highest BCUT2D eigenvalue weighted by molar-refractivity contribution is 5.03. The Labute approximate surface area is 121 Å². The molecule has 0 aliphatic carbocycles. The number of hydrogen-bond acceptors (Lipinski definition) is 5. The molecule has 0 amide bonds. The summed E-state index contributed by atoms with van der Waals surface area (Å²) in [5.74, 6) is 1.44. The molecule has 1 aromatic heterocycles. The number of nitrogens with zero attached hydrogens (tertiary/aromatic N) is 3. The molecule has 1 aliphatic heterocycles. The average molecular weight is 281 g/mol. The highest BCUT2D eigenvalue weighted by Gasteiger charge is 2.33. The summed E-state index contributed by atoms with van der Waals surface area (Å²) in [5, 5.41) is 13.7. The fourth-order valence-corrected chi connectivity index (χ4v) is 2.87. The topological polar surface area (TPSA) is 62.4 Å². The van der Waals surface area contributed by atoms with Crippen LogP contribution in [-0.4, -0.2) is 38.8 Å². The molecule has 0 radical (unpaired) electrons. The fourth-order valence-electron chi connectivity index (χ4n) is 2.87. The van der Waals surface area contributed by atoms with Crippen LogP contribution in [0.15, 0.2) is 4.52 Å². The normalized spacial score (nSPS) is 24.0. The molecule has 1 aliphatic rings. The number of likely N-dealkylation sites (tertiary alicyclic amines) is 1. The maximum Gasteiger partial charge on any atom is 0.243 e. The first-order chi connectivity index (χ1) is 9.29. The van der Waals surface area contributed by atoms with Crippen molar-refractivity contribution < 1.29 is 9.63 Å². The van der Waals surface area contributed by atoms with Gasteiger partial charge in [-0.1, -0.05) is 25.9 Å². The molecule has 0 spiro atoms. The van der Waals surface area contributed by atoms with Crippen molar-refractivity contribution in [1.82, 2.24) is 15.0 Å². The molecule has 1 fully saturated rings. The summed E-state index contributed by atoms with van der Waals surface area (Å²) >= 11 is 0. The largest absolute Gasteiger partial charge is 0.393 e. The Morgan fingerprint density at radius 2 is 2.10 bits per heavy atom. The summed E-state index contributed by atoms with van der Waals surface area (Å²) in [6.45, 7) is 11.2. The smallest absolute Gasteiger partial charge is 0.243 e. The lowest BCUT2D eigenvalue weighted by Crippen LogP contribution is -2.34. The van der Waals surface area contributed by atoms with Gasteiger partial charge in [-0.15, -0.1) is 0 Å². The third-order valence-corrected chi connectivity index (χ3v) is 4.00. The van der Waals surface area contributed by atoms with Gasteiger partial charge in [-0.25, -0.2) is 0 Å². The van der Waals surface area contributed by atoms with Crippen LogP contribution >= 0.6 is 0 Å². The molecule has 3 unspecified atom stereocenters. The van der Waals surface area contributed by atoms with E-state index in [9.17, 15) is 5.11 Å². The Bertz CT molecular complexity index is 437. The van der Waals surface area contributed by atoms with E-state index < -0.39 is 0 Å². The molecule has 5 nitrogen and oxygen atoms in total. The van der Waals surface area contributed by atoms with Crippen LogP contribution < -0.4 is 0 Å². The van der Waals surface area contributed by atoms with Crippen molar-refractivity contribution in [3.05, 3.63) is 11.7 Å². The van der Waals surface area contributed by atoms with Gasteiger partial charge in [0.1, 0.15) is 0 Å². The van der Waals surface area contributed by atoms with E-state index in [1.54, 1.807) is 0 Å². The molecule has 0 aromatic carbocycles. The molecule has 114 valence electrons. The van der Waals surface area contributed by atoms with Crippen molar-refractivity contribution in [2.75, 3.05) is 6.54 Å². The van der Waals surface area contributed by atoms with E-state index in [-0.39, 0.29) is 17.6 Å². The predicted molar refractivity (Wildman–Crippen MR) is 77.4 cm³/mol. The lowest BCUT2D eigenvalue weighted by molar-refractivity contribution is 0.102. The third-order valence-electron chi connectivity index (χ3n) is 4.00. The predicted octanol–water partition coefficient (Wildman–Crippen LogP) is 2.66. The van der Waals surface area contributed by atoms with Crippen LogP contribution in [0.1, 0.15) is 71.6 Å². The van der Waals surface area contributed by atoms with Crippen LogP contribution in [0.3, 0.4) is 0 Å². The number of hydrogen-bond donors (Lipinski definition) is 1. The van der Waals surface area contributed by atoms with E-state index >= 15 is 0 Å². The van der Waals surface area contributed by atoms with E-state index in [2.05, 4.69) is 42.7 Å². The van der Waals surface area contributed by atoms with Crippen molar-refractivity contribution in [1.29, 1.82) is 0 Å². The summed E-state index contributed by atoms with van der Waals surface area (Å²) in [5.41, 5.74) is -0.0918. The Hall–Kier alpha value is -0.940. The molecule has 20 heavy (non-hydrogen) atoms. The number of rotatable bonds is 4. The molecular formula is C15H27N3O2. The zero-order valence-corrected chi connectivity index (χ0v) is 13.3. The minimum Gasteiger partial charge on any atom is -0.393 e. The summed E-state index contributed by atoms with van der Waals surface area (Å²) in [6.07, 6.45) is 2.85. The summed E-state index contributed by atoms with van der Waals surface area (Å²) in [4.78, 5) is 6.94. The van der Waals surface area contributed by atoms with E-state index in [0.717, 1.165) is 25.2 Å². The molecule has 5 heteroatoms. The average Bonchev–Trinajstić information content (AvgIpc) is 2.94. The first-order valence-corrected chi connectivity index (χ1v) is 7.57. The molecule has 2 heterocycles. The second-order valence-electron chi connectivity index (χ2n) is 7.00. The Kier molecular flexibility index (Phi) is 4.49. The van der Waals surface area contributed by atoms with Gasteiger partial charge in [0.15, 0.2) is 5.82 Å². The summed E-state index contributed by atoms with van der Waals surface area (Å²) < 4.78 is 5.45. The van der Waals surface area contributed by atoms with Gasteiger partial charge >= 0.3 is 0 Å². The minimum atomic E-state index is -0.263. The van der Waals surface area contributed by atoms with Gasteiger partial charge in [0, 0.05) is 11.5 Å². The lowest BCUT2D eigenvalue weighted by atomic mass is 9.96. The van der Waals surface area contributed by atoms with Crippen molar-refractivity contribution >= 4 is 0 Å². The van der Waals surface area contributed by atoms with Crippen LogP contribution in [0, 0.1) is 0 Å². The van der Waals surface area contributed by atoms with Gasteiger partial charge in [0.25, 0.3) is 0 Å². The van der Waals surface area contributed by atoms with Crippen molar-refractivity contribution in [2.24, 2.45) is 0 Å². The second-order valence-corrected chi connectivity index (χ2v) is 7.00. The van der Waals surface area contributed by atoms with Gasteiger partial charge in [0.2, 0.25) is 5.89 Å². The van der Waals surface area contributed by atoms with Crippen LogP contribution in [0.4, 0.5) is 0 Å². The SMILES string of the molecule is CC(O)CC1CCCN1C(C)c1nc(C(C)(C)C)no1. The summed E-state index contributed by atoms with van der Waals surface area (Å²) in [6, 6.07) is 0.528. The Morgan fingerprint density at radius 1 is 1.40 bits per heavy atom. The molecule has 3 atom stereocenters.